The van der Waals surface area contributed by atoms with Gasteiger partial charge in [-0.05, 0) is 13.3 Å². The van der Waals surface area contributed by atoms with Crippen molar-refractivity contribution in [1.82, 2.24) is 19.2 Å². The van der Waals surface area contributed by atoms with Crippen molar-refractivity contribution in [3.8, 4) is 0 Å². The maximum atomic E-state index is 12.5. The summed E-state index contributed by atoms with van der Waals surface area (Å²) in [5, 5.41) is 4.42. The molecule has 1 atom stereocenters. The summed E-state index contributed by atoms with van der Waals surface area (Å²) in [6.45, 7) is 2.85. The zero-order valence-electron chi connectivity index (χ0n) is 13.4. The second-order valence-corrected chi connectivity index (χ2v) is 5.75. The van der Waals surface area contributed by atoms with Crippen LogP contribution in [0.4, 0.5) is 19.1 Å². The molecule has 0 bridgehead atoms. The number of imidazole rings is 1. The van der Waals surface area contributed by atoms with Gasteiger partial charge in [-0.25, -0.2) is 9.50 Å². The zero-order chi connectivity index (χ0) is 17.5. The number of nitrogens with zero attached hydrogens (tertiary/aromatic N) is 5. The standard InChI is InChI=1S/C14H18F3N5O2/c1-9(24-2)11-18-8-10-12(23)21-7-6-20(13(21)19-22(10)11)5-3-4-14(15,16)17/h8-9H,3-7H2,1-2H3. The number of halogens is 3. The molecule has 1 aliphatic rings. The van der Waals surface area contributed by atoms with E-state index in [1.165, 1.54) is 22.4 Å². The third kappa shape index (κ3) is 2.97. The van der Waals surface area contributed by atoms with E-state index in [2.05, 4.69) is 10.1 Å². The molecule has 0 N–H and O–H groups in total. The molecule has 0 aromatic carbocycles. The first-order valence-corrected chi connectivity index (χ1v) is 7.65. The summed E-state index contributed by atoms with van der Waals surface area (Å²) < 4.78 is 45.1. The first-order valence-electron chi connectivity index (χ1n) is 7.65. The van der Waals surface area contributed by atoms with Crippen LogP contribution in [0, 0.1) is 0 Å². The molecule has 0 saturated carbocycles. The largest absolute Gasteiger partial charge is 0.389 e. The molecule has 0 saturated heterocycles. The van der Waals surface area contributed by atoms with Gasteiger partial charge in [0.15, 0.2) is 11.3 Å². The summed E-state index contributed by atoms with van der Waals surface area (Å²) in [5.74, 6) is 0.854. The van der Waals surface area contributed by atoms with Crippen molar-refractivity contribution in [2.45, 2.75) is 38.6 Å². The minimum absolute atomic E-state index is 0.0390. The van der Waals surface area contributed by atoms with E-state index in [0.717, 1.165) is 0 Å². The third-order valence-corrected chi connectivity index (χ3v) is 4.14. The van der Waals surface area contributed by atoms with Gasteiger partial charge in [0.25, 0.3) is 5.56 Å². The van der Waals surface area contributed by atoms with Gasteiger partial charge in [-0.15, -0.1) is 5.10 Å². The van der Waals surface area contributed by atoms with Crippen LogP contribution in [-0.2, 0) is 11.3 Å². The molecule has 2 aromatic rings. The van der Waals surface area contributed by atoms with Crippen LogP contribution < -0.4 is 10.5 Å². The molecule has 3 rings (SSSR count). The van der Waals surface area contributed by atoms with Crippen LogP contribution in [0.25, 0.3) is 5.52 Å². The summed E-state index contributed by atoms with van der Waals surface area (Å²) in [5.41, 5.74) is 0.0789. The van der Waals surface area contributed by atoms with Crippen LogP contribution in [-0.4, -0.2) is 45.5 Å². The molecule has 7 nitrogen and oxygen atoms in total. The predicted molar refractivity (Wildman–Crippen MR) is 80.2 cm³/mol. The highest BCUT2D eigenvalue weighted by Crippen LogP contribution is 2.24. The lowest BCUT2D eigenvalue weighted by atomic mass is 10.3. The third-order valence-electron chi connectivity index (χ3n) is 4.14. The van der Waals surface area contributed by atoms with E-state index in [-0.39, 0.29) is 24.6 Å². The summed E-state index contributed by atoms with van der Waals surface area (Å²) in [4.78, 5) is 18.4. The van der Waals surface area contributed by atoms with Gasteiger partial charge in [-0.2, -0.15) is 13.2 Å². The number of methoxy groups -OCH3 is 1. The molecule has 1 aliphatic heterocycles. The van der Waals surface area contributed by atoms with Crippen LogP contribution in [0.5, 0.6) is 0 Å². The smallest absolute Gasteiger partial charge is 0.374 e. The van der Waals surface area contributed by atoms with Gasteiger partial charge in [0.1, 0.15) is 6.10 Å². The second kappa shape index (κ2) is 6.08. The van der Waals surface area contributed by atoms with Crippen LogP contribution >= 0.6 is 0 Å². The normalized spacial score (nSPS) is 16.0. The minimum atomic E-state index is -4.18. The number of aromatic nitrogens is 4. The summed E-state index contributed by atoms with van der Waals surface area (Å²) in [6.07, 6.45) is -3.99. The fraction of sp³-hybridized carbons (Fsp3) is 0.643. The Hall–Kier alpha value is -2.10. The molecule has 0 spiro atoms. The minimum Gasteiger partial charge on any atom is -0.374 e. The molecular weight excluding hydrogens is 327 g/mol. The van der Waals surface area contributed by atoms with Crippen molar-refractivity contribution < 1.29 is 17.9 Å². The van der Waals surface area contributed by atoms with Crippen LogP contribution in [0.1, 0.15) is 31.7 Å². The van der Waals surface area contributed by atoms with Crippen LogP contribution in [0.15, 0.2) is 11.0 Å². The highest BCUT2D eigenvalue weighted by Gasteiger charge is 2.29. The second-order valence-electron chi connectivity index (χ2n) is 5.75. The quantitative estimate of drug-likeness (QED) is 0.826. The topological polar surface area (TPSA) is 64.7 Å². The maximum Gasteiger partial charge on any atom is 0.389 e. The Morgan fingerprint density at radius 1 is 1.38 bits per heavy atom. The lowest BCUT2D eigenvalue weighted by Gasteiger charge is -2.18. The van der Waals surface area contributed by atoms with Gasteiger partial charge >= 0.3 is 6.18 Å². The van der Waals surface area contributed by atoms with E-state index >= 15 is 0 Å². The van der Waals surface area contributed by atoms with E-state index in [9.17, 15) is 18.0 Å². The Morgan fingerprint density at radius 3 is 2.79 bits per heavy atom. The van der Waals surface area contributed by atoms with Crippen molar-refractivity contribution in [3.05, 3.63) is 22.4 Å². The predicted octanol–water partition coefficient (Wildman–Crippen LogP) is 1.76. The Labute approximate surface area is 135 Å². The first kappa shape index (κ1) is 16.7. The molecule has 3 heterocycles. The van der Waals surface area contributed by atoms with Crippen molar-refractivity contribution in [2.24, 2.45) is 0 Å². The number of ether oxygens (including phenoxy) is 1. The van der Waals surface area contributed by atoms with Crippen molar-refractivity contribution in [3.63, 3.8) is 0 Å². The molecule has 132 valence electrons. The molecule has 24 heavy (non-hydrogen) atoms. The van der Waals surface area contributed by atoms with E-state index in [0.29, 0.717) is 30.4 Å². The van der Waals surface area contributed by atoms with Gasteiger partial charge in [-0.3, -0.25) is 9.36 Å². The molecule has 10 heteroatoms. The average Bonchev–Trinajstić information content (AvgIpc) is 3.11. The molecule has 0 radical (unpaired) electrons. The highest BCUT2D eigenvalue weighted by molar-refractivity contribution is 5.47. The fourth-order valence-corrected chi connectivity index (χ4v) is 2.80. The molecule has 2 aromatic heterocycles. The molecule has 0 fully saturated rings. The summed E-state index contributed by atoms with van der Waals surface area (Å²) >= 11 is 0. The van der Waals surface area contributed by atoms with E-state index in [4.69, 9.17) is 4.74 Å². The number of rotatable bonds is 5. The lowest BCUT2D eigenvalue weighted by molar-refractivity contribution is -0.135. The van der Waals surface area contributed by atoms with Crippen LogP contribution in [0.3, 0.4) is 0 Å². The number of fused-ring (bicyclic) bond motifs is 2. The van der Waals surface area contributed by atoms with Gasteiger partial charge in [0.05, 0.1) is 6.20 Å². The van der Waals surface area contributed by atoms with Crippen LogP contribution in [0.2, 0.25) is 0 Å². The Bertz CT molecular complexity index is 798. The van der Waals surface area contributed by atoms with E-state index in [1.54, 1.807) is 11.8 Å². The molecule has 1 unspecified atom stereocenters. The number of hydrogen-bond acceptors (Lipinski definition) is 5. The Morgan fingerprint density at radius 2 is 2.12 bits per heavy atom. The summed E-state index contributed by atoms with van der Waals surface area (Å²) in [6, 6.07) is 0. The van der Waals surface area contributed by atoms with Gasteiger partial charge in [0.2, 0.25) is 5.95 Å². The van der Waals surface area contributed by atoms with Gasteiger partial charge in [-0.1, -0.05) is 0 Å². The molecule has 0 amide bonds. The van der Waals surface area contributed by atoms with Crippen molar-refractivity contribution in [1.29, 1.82) is 0 Å². The maximum absolute atomic E-state index is 12.5. The molecular formula is C14H18F3N5O2. The number of alkyl halides is 3. The molecule has 0 aliphatic carbocycles. The van der Waals surface area contributed by atoms with E-state index < -0.39 is 12.6 Å². The van der Waals surface area contributed by atoms with Crippen molar-refractivity contribution >= 4 is 11.5 Å². The van der Waals surface area contributed by atoms with Gasteiger partial charge in [0, 0.05) is 33.2 Å². The SMILES string of the molecule is COC(C)c1ncc2c(=O)n3c(nn12)N(CCCC(F)(F)F)CC3. The Kier molecular flexibility index (Phi) is 4.24. The lowest BCUT2D eigenvalue weighted by Crippen LogP contribution is -2.27. The monoisotopic (exact) mass is 345 g/mol. The highest BCUT2D eigenvalue weighted by atomic mass is 19.4. The van der Waals surface area contributed by atoms with Crippen molar-refractivity contribution in [2.75, 3.05) is 25.1 Å². The summed E-state index contributed by atoms with van der Waals surface area (Å²) in [7, 11) is 1.52. The van der Waals surface area contributed by atoms with E-state index in [1.807, 2.05) is 0 Å². The average molecular weight is 345 g/mol. The Balaban J connectivity index is 1.92. The zero-order valence-corrected chi connectivity index (χ0v) is 13.4. The number of hydrogen-bond donors (Lipinski definition) is 0. The number of anilines is 1. The first-order chi connectivity index (χ1) is 11.3. The van der Waals surface area contributed by atoms with Gasteiger partial charge < -0.3 is 9.64 Å². The fourth-order valence-electron chi connectivity index (χ4n) is 2.80.